The summed E-state index contributed by atoms with van der Waals surface area (Å²) in [4.78, 5) is 24.5. The van der Waals surface area contributed by atoms with E-state index in [-0.39, 0.29) is 12.4 Å². The average molecular weight is 304 g/mol. The Morgan fingerprint density at radius 3 is 2.48 bits per heavy atom. The van der Waals surface area contributed by atoms with Crippen molar-refractivity contribution in [2.24, 2.45) is 0 Å². The van der Waals surface area contributed by atoms with Crippen LogP contribution in [0.1, 0.15) is 27.2 Å². The maximum atomic E-state index is 12.1. The standard InChI is InChI=1S/C16H16O4S/c1-10-8-14(17)20-11(2)15(10)16(18)19-9-12-4-6-13(21-3)7-5-12/h4-8H,9H2,1-3H3. The zero-order chi connectivity index (χ0) is 15.4. The molecule has 0 unspecified atom stereocenters. The first-order valence-electron chi connectivity index (χ1n) is 6.42. The van der Waals surface area contributed by atoms with Gasteiger partial charge in [-0.25, -0.2) is 9.59 Å². The van der Waals surface area contributed by atoms with Gasteiger partial charge < -0.3 is 9.15 Å². The van der Waals surface area contributed by atoms with Gasteiger partial charge >= 0.3 is 11.6 Å². The van der Waals surface area contributed by atoms with Gasteiger partial charge in [-0.2, -0.15) is 0 Å². The minimum atomic E-state index is -0.484. The van der Waals surface area contributed by atoms with Crippen LogP contribution < -0.4 is 5.63 Å². The van der Waals surface area contributed by atoms with Gasteiger partial charge in [-0.1, -0.05) is 12.1 Å². The summed E-state index contributed by atoms with van der Waals surface area (Å²) in [7, 11) is 0. The molecule has 4 nitrogen and oxygen atoms in total. The molecule has 5 heteroatoms. The molecule has 1 aromatic heterocycles. The summed E-state index contributed by atoms with van der Waals surface area (Å²) in [5.41, 5.74) is 1.32. The van der Waals surface area contributed by atoms with Crippen LogP contribution >= 0.6 is 11.8 Å². The summed E-state index contributed by atoms with van der Waals surface area (Å²) >= 11 is 1.65. The van der Waals surface area contributed by atoms with Gasteiger partial charge in [0.2, 0.25) is 0 Å². The largest absolute Gasteiger partial charge is 0.457 e. The molecule has 0 amide bonds. The smallest absolute Gasteiger partial charge is 0.342 e. The normalized spacial score (nSPS) is 10.4. The van der Waals surface area contributed by atoms with Crippen molar-refractivity contribution < 1.29 is 13.9 Å². The molecule has 0 radical (unpaired) electrons. The molecule has 2 rings (SSSR count). The number of carbonyl (C=O) groups is 1. The maximum absolute atomic E-state index is 12.1. The number of esters is 1. The predicted octanol–water partition coefficient (Wildman–Crippen LogP) is 3.34. The van der Waals surface area contributed by atoms with E-state index in [1.54, 1.807) is 25.6 Å². The fraction of sp³-hybridized carbons (Fsp3) is 0.250. The molecule has 0 saturated carbocycles. The quantitative estimate of drug-likeness (QED) is 0.640. The fourth-order valence-electron chi connectivity index (χ4n) is 2.01. The van der Waals surface area contributed by atoms with Crippen molar-refractivity contribution in [3.8, 4) is 0 Å². The highest BCUT2D eigenvalue weighted by atomic mass is 32.2. The van der Waals surface area contributed by atoms with Gasteiger partial charge in [-0.15, -0.1) is 11.8 Å². The minimum Gasteiger partial charge on any atom is -0.457 e. The van der Waals surface area contributed by atoms with Crippen molar-refractivity contribution in [1.29, 1.82) is 0 Å². The van der Waals surface area contributed by atoms with Crippen molar-refractivity contribution in [3.05, 3.63) is 63.2 Å². The zero-order valence-electron chi connectivity index (χ0n) is 12.1. The molecule has 0 aliphatic heterocycles. The van der Waals surface area contributed by atoms with E-state index in [0.717, 1.165) is 10.5 Å². The van der Waals surface area contributed by atoms with Crippen LogP contribution in [0.5, 0.6) is 0 Å². The highest BCUT2D eigenvalue weighted by Crippen LogP contribution is 2.17. The molecule has 0 saturated heterocycles. The van der Waals surface area contributed by atoms with Crippen molar-refractivity contribution in [1.82, 2.24) is 0 Å². The molecular weight excluding hydrogens is 288 g/mol. The van der Waals surface area contributed by atoms with Crippen LogP contribution in [0.15, 0.2) is 44.4 Å². The molecule has 1 aromatic carbocycles. The molecule has 0 spiro atoms. The van der Waals surface area contributed by atoms with E-state index in [1.807, 2.05) is 30.5 Å². The summed E-state index contributed by atoms with van der Waals surface area (Å²) in [5, 5.41) is 0. The predicted molar refractivity (Wildman–Crippen MR) is 81.8 cm³/mol. The number of hydrogen-bond donors (Lipinski definition) is 0. The van der Waals surface area contributed by atoms with Crippen LogP contribution in [-0.2, 0) is 11.3 Å². The van der Waals surface area contributed by atoms with Crippen molar-refractivity contribution in [3.63, 3.8) is 0 Å². The van der Waals surface area contributed by atoms with E-state index in [4.69, 9.17) is 9.15 Å². The SMILES string of the molecule is CSc1ccc(COC(=O)c2c(C)cc(=O)oc2C)cc1. The van der Waals surface area contributed by atoms with E-state index >= 15 is 0 Å². The first kappa shape index (κ1) is 15.4. The van der Waals surface area contributed by atoms with Gasteiger partial charge in [0.05, 0.1) is 0 Å². The first-order valence-corrected chi connectivity index (χ1v) is 7.65. The fourth-order valence-corrected chi connectivity index (χ4v) is 2.41. The molecular formula is C16H16O4S. The lowest BCUT2D eigenvalue weighted by atomic mass is 10.1. The van der Waals surface area contributed by atoms with Gasteiger partial charge in [-0.05, 0) is 43.4 Å². The number of thioether (sulfide) groups is 1. The van der Waals surface area contributed by atoms with Crippen LogP contribution in [0.2, 0.25) is 0 Å². The third kappa shape index (κ3) is 3.76. The summed E-state index contributed by atoms with van der Waals surface area (Å²) in [6, 6.07) is 9.09. The Morgan fingerprint density at radius 2 is 1.90 bits per heavy atom. The second kappa shape index (κ2) is 6.63. The minimum absolute atomic E-state index is 0.186. The van der Waals surface area contributed by atoms with Crippen molar-refractivity contribution in [2.45, 2.75) is 25.3 Å². The number of hydrogen-bond acceptors (Lipinski definition) is 5. The van der Waals surface area contributed by atoms with Gasteiger partial charge in [0, 0.05) is 11.0 Å². The number of rotatable bonds is 4. The Hall–Kier alpha value is -2.01. The van der Waals surface area contributed by atoms with Gasteiger partial charge in [0.15, 0.2) is 0 Å². The lowest BCUT2D eigenvalue weighted by Crippen LogP contribution is -2.12. The molecule has 21 heavy (non-hydrogen) atoms. The Bertz CT molecular complexity index is 675. The van der Waals surface area contributed by atoms with Gasteiger partial charge in [-0.3, -0.25) is 0 Å². The van der Waals surface area contributed by atoms with E-state index in [2.05, 4.69) is 0 Å². The van der Waals surface area contributed by atoms with Crippen LogP contribution in [0.3, 0.4) is 0 Å². The monoisotopic (exact) mass is 304 g/mol. The lowest BCUT2D eigenvalue weighted by Gasteiger charge is -2.09. The Kier molecular flexibility index (Phi) is 4.85. The highest BCUT2D eigenvalue weighted by Gasteiger charge is 2.16. The maximum Gasteiger partial charge on any atom is 0.342 e. The summed E-state index contributed by atoms with van der Waals surface area (Å²) in [6.07, 6.45) is 2.00. The third-order valence-electron chi connectivity index (χ3n) is 3.07. The molecule has 110 valence electrons. The van der Waals surface area contributed by atoms with E-state index in [1.165, 1.54) is 6.07 Å². The molecule has 0 aliphatic rings. The summed E-state index contributed by atoms with van der Waals surface area (Å²) in [5.74, 6) is -0.203. The van der Waals surface area contributed by atoms with Crippen molar-refractivity contribution in [2.75, 3.05) is 6.26 Å². The molecule has 0 atom stereocenters. The third-order valence-corrected chi connectivity index (χ3v) is 3.81. The molecule has 2 aromatic rings. The topological polar surface area (TPSA) is 56.5 Å². The van der Waals surface area contributed by atoms with E-state index in [0.29, 0.717) is 11.1 Å². The molecule has 0 N–H and O–H groups in total. The van der Waals surface area contributed by atoms with E-state index in [9.17, 15) is 9.59 Å². The Balaban J connectivity index is 2.09. The Labute approximate surface area is 127 Å². The van der Waals surface area contributed by atoms with Crippen LogP contribution in [0.25, 0.3) is 0 Å². The second-order valence-corrected chi connectivity index (χ2v) is 5.48. The summed E-state index contributed by atoms with van der Waals surface area (Å²) < 4.78 is 10.2. The molecule has 0 aliphatic carbocycles. The van der Waals surface area contributed by atoms with Crippen LogP contribution in [-0.4, -0.2) is 12.2 Å². The highest BCUT2D eigenvalue weighted by molar-refractivity contribution is 7.98. The first-order chi connectivity index (χ1) is 10.0. The van der Waals surface area contributed by atoms with E-state index < -0.39 is 11.6 Å². The molecule has 0 bridgehead atoms. The van der Waals surface area contributed by atoms with Crippen molar-refractivity contribution >= 4 is 17.7 Å². The molecule has 1 heterocycles. The number of aryl methyl sites for hydroxylation is 2. The summed E-state index contributed by atoms with van der Waals surface area (Å²) in [6.45, 7) is 3.46. The Morgan fingerprint density at radius 1 is 1.24 bits per heavy atom. The number of benzene rings is 1. The average Bonchev–Trinajstić information content (AvgIpc) is 2.44. The van der Waals surface area contributed by atoms with Gasteiger partial charge in [0.1, 0.15) is 17.9 Å². The zero-order valence-corrected chi connectivity index (χ0v) is 13.0. The lowest BCUT2D eigenvalue weighted by molar-refractivity contribution is 0.0467. The molecule has 0 fully saturated rings. The van der Waals surface area contributed by atoms with Gasteiger partial charge in [0.25, 0.3) is 0 Å². The van der Waals surface area contributed by atoms with Crippen LogP contribution in [0, 0.1) is 13.8 Å². The number of ether oxygens (including phenoxy) is 1. The van der Waals surface area contributed by atoms with Crippen LogP contribution in [0.4, 0.5) is 0 Å². The second-order valence-electron chi connectivity index (χ2n) is 4.60. The number of carbonyl (C=O) groups excluding carboxylic acids is 1.